The van der Waals surface area contributed by atoms with Crippen molar-refractivity contribution in [3.63, 3.8) is 0 Å². The van der Waals surface area contributed by atoms with Crippen LogP contribution in [0.4, 0.5) is 0 Å². The van der Waals surface area contributed by atoms with Crippen molar-refractivity contribution in [2.45, 2.75) is 29.9 Å². The number of fused-ring (bicyclic) bond motifs is 1. The molecule has 1 nitrogen and oxygen atoms in total. The van der Waals surface area contributed by atoms with E-state index in [1.54, 1.807) is 0 Å². The molecule has 0 aromatic rings. The van der Waals surface area contributed by atoms with Gasteiger partial charge < -0.3 is 5.11 Å². The van der Waals surface area contributed by atoms with Crippen molar-refractivity contribution >= 4 is 23.4 Å². The molecule has 1 saturated heterocycles. The number of hydrogen-bond donors (Lipinski definition) is 1. The molecule has 72 valence electrons. The van der Waals surface area contributed by atoms with Crippen LogP contribution in [0, 0.1) is 5.92 Å². The van der Waals surface area contributed by atoms with E-state index in [4.69, 9.17) is 11.6 Å². The number of halogens is 1. The van der Waals surface area contributed by atoms with Gasteiger partial charge in [0.1, 0.15) is 0 Å². The fraction of sp³-hybridized carbons (Fsp3) is 0.600. The van der Waals surface area contributed by atoms with Crippen molar-refractivity contribution in [2.75, 3.05) is 0 Å². The highest BCUT2D eigenvalue weighted by Gasteiger charge is 2.34. The summed E-state index contributed by atoms with van der Waals surface area (Å²) in [5, 5.41) is 11.6. The number of allylic oxidation sites excluding steroid dienone is 2. The lowest BCUT2D eigenvalue weighted by atomic mass is 9.91. The van der Waals surface area contributed by atoms with Crippen molar-refractivity contribution in [3.8, 4) is 0 Å². The second-order valence-corrected chi connectivity index (χ2v) is 5.76. The van der Waals surface area contributed by atoms with Gasteiger partial charge in [0.2, 0.25) is 0 Å². The molecule has 0 unspecified atom stereocenters. The third-order valence-corrected chi connectivity index (χ3v) is 4.28. The van der Waals surface area contributed by atoms with Crippen molar-refractivity contribution < 1.29 is 5.11 Å². The van der Waals surface area contributed by atoms with Crippen molar-refractivity contribution in [1.29, 1.82) is 0 Å². The molecule has 4 atom stereocenters. The summed E-state index contributed by atoms with van der Waals surface area (Å²) >= 11 is 7.82. The first-order valence-electron chi connectivity index (χ1n) is 4.56. The van der Waals surface area contributed by atoms with Gasteiger partial charge >= 0.3 is 0 Å². The van der Waals surface area contributed by atoms with Gasteiger partial charge in [0.25, 0.3) is 0 Å². The highest BCUT2D eigenvalue weighted by atomic mass is 35.5. The smallest absolute Gasteiger partial charge is 0.0627 e. The van der Waals surface area contributed by atoms with Crippen LogP contribution in [-0.2, 0) is 0 Å². The van der Waals surface area contributed by atoms with Crippen molar-refractivity contribution in [3.05, 3.63) is 23.3 Å². The minimum Gasteiger partial charge on any atom is -0.392 e. The quantitative estimate of drug-likeness (QED) is 0.672. The summed E-state index contributed by atoms with van der Waals surface area (Å²) in [4.78, 5) is 0. The largest absolute Gasteiger partial charge is 0.392 e. The molecule has 1 aliphatic heterocycles. The van der Waals surface area contributed by atoms with Crippen LogP contribution in [0.3, 0.4) is 0 Å². The molecule has 1 aliphatic carbocycles. The summed E-state index contributed by atoms with van der Waals surface area (Å²) in [5.41, 5.74) is 0. The average Bonchev–Trinajstić information content (AvgIpc) is 2.06. The molecule has 0 bridgehead atoms. The summed E-state index contributed by atoms with van der Waals surface area (Å²) in [6.45, 7) is 2.16. The second kappa shape index (κ2) is 3.68. The number of thioether (sulfide) groups is 1. The van der Waals surface area contributed by atoms with Crippen molar-refractivity contribution in [2.24, 2.45) is 5.92 Å². The SMILES string of the molecule is C[C@@H]1C[C@H](O)[C@H]2C=C(Cl)C=C[C@H]2S1. The van der Waals surface area contributed by atoms with Crippen LogP contribution in [0.25, 0.3) is 0 Å². The molecule has 0 aromatic carbocycles. The molecule has 0 saturated carbocycles. The molecule has 0 spiro atoms. The van der Waals surface area contributed by atoms with Crippen LogP contribution in [-0.4, -0.2) is 21.7 Å². The maximum atomic E-state index is 9.84. The summed E-state index contributed by atoms with van der Waals surface area (Å²) in [7, 11) is 0. The molecule has 2 rings (SSSR count). The van der Waals surface area contributed by atoms with Gasteiger partial charge in [0, 0.05) is 21.5 Å². The molecule has 1 fully saturated rings. The Hall–Kier alpha value is 0.0800. The van der Waals surface area contributed by atoms with Crippen LogP contribution in [0.5, 0.6) is 0 Å². The Kier molecular flexibility index (Phi) is 2.72. The van der Waals surface area contributed by atoms with E-state index in [-0.39, 0.29) is 12.0 Å². The zero-order valence-corrected chi connectivity index (χ0v) is 9.05. The first-order valence-corrected chi connectivity index (χ1v) is 5.88. The normalized spacial score (nSPS) is 44.1. The molecule has 1 N–H and O–H groups in total. The van der Waals surface area contributed by atoms with E-state index in [2.05, 4.69) is 13.0 Å². The van der Waals surface area contributed by atoms with Gasteiger partial charge in [-0.25, -0.2) is 0 Å². The Balaban J connectivity index is 2.17. The minimum absolute atomic E-state index is 0.221. The lowest BCUT2D eigenvalue weighted by Crippen LogP contribution is -2.36. The standard InChI is InChI=1S/C10H13ClOS/c1-6-4-9(12)8-5-7(11)2-3-10(8)13-6/h2-3,5-6,8-10,12H,4H2,1H3/t6-,8-,9+,10-/m1/s1. The Morgan fingerprint density at radius 3 is 3.15 bits per heavy atom. The summed E-state index contributed by atoms with van der Waals surface area (Å²) < 4.78 is 0. The van der Waals surface area contributed by atoms with Crippen LogP contribution in [0.1, 0.15) is 13.3 Å². The molecule has 0 radical (unpaired) electrons. The van der Waals surface area contributed by atoms with Gasteiger partial charge in [-0.1, -0.05) is 30.7 Å². The summed E-state index contributed by atoms with van der Waals surface area (Å²) in [5.74, 6) is 0.221. The topological polar surface area (TPSA) is 20.2 Å². The maximum absolute atomic E-state index is 9.84. The van der Waals surface area contributed by atoms with E-state index in [1.165, 1.54) is 0 Å². The van der Waals surface area contributed by atoms with E-state index in [0.717, 1.165) is 11.5 Å². The lowest BCUT2D eigenvalue weighted by Gasteiger charge is -2.36. The number of rotatable bonds is 0. The highest BCUT2D eigenvalue weighted by Crippen LogP contribution is 2.40. The molecule has 13 heavy (non-hydrogen) atoms. The van der Waals surface area contributed by atoms with Gasteiger partial charge in [-0.3, -0.25) is 0 Å². The fourth-order valence-electron chi connectivity index (χ4n) is 1.94. The first-order chi connectivity index (χ1) is 6.16. The Bertz CT molecular complexity index is 262. The van der Waals surface area contributed by atoms with Crippen LogP contribution in [0.2, 0.25) is 0 Å². The molecule has 0 amide bonds. The lowest BCUT2D eigenvalue weighted by molar-refractivity contribution is 0.118. The predicted molar refractivity (Wildman–Crippen MR) is 58.0 cm³/mol. The van der Waals surface area contributed by atoms with Gasteiger partial charge in [-0.05, 0) is 12.5 Å². The van der Waals surface area contributed by atoms with Gasteiger partial charge in [-0.2, -0.15) is 11.8 Å². The Morgan fingerprint density at radius 1 is 1.62 bits per heavy atom. The predicted octanol–water partition coefficient (Wildman–Crippen LogP) is 2.55. The molecule has 3 heteroatoms. The van der Waals surface area contributed by atoms with E-state index < -0.39 is 0 Å². The maximum Gasteiger partial charge on any atom is 0.0627 e. The van der Waals surface area contributed by atoms with Crippen LogP contribution < -0.4 is 0 Å². The van der Waals surface area contributed by atoms with E-state index in [0.29, 0.717) is 10.5 Å². The number of aliphatic hydroxyl groups is 1. The summed E-state index contributed by atoms with van der Waals surface area (Å²) in [6, 6.07) is 0. The van der Waals surface area contributed by atoms with E-state index in [1.807, 2.05) is 23.9 Å². The average molecular weight is 217 g/mol. The van der Waals surface area contributed by atoms with E-state index in [9.17, 15) is 5.11 Å². The molecule has 1 heterocycles. The second-order valence-electron chi connectivity index (χ2n) is 3.70. The number of aliphatic hydroxyl groups excluding tert-OH is 1. The fourth-order valence-corrected chi connectivity index (χ4v) is 3.61. The third kappa shape index (κ3) is 1.95. The highest BCUT2D eigenvalue weighted by molar-refractivity contribution is 8.00. The monoisotopic (exact) mass is 216 g/mol. The minimum atomic E-state index is -0.222. The molecular formula is C10H13ClOS. The van der Waals surface area contributed by atoms with E-state index >= 15 is 0 Å². The Labute approximate surface area is 87.9 Å². The summed E-state index contributed by atoms with van der Waals surface area (Å²) in [6.07, 6.45) is 6.67. The molecule has 2 aliphatic rings. The van der Waals surface area contributed by atoms with Gasteiger partial charge in [0.05, 0.1) is 6.10 Å². The van der Waals surface area contributed by atoms with Gasteiger partial charge in [0.15, 0.2) is 0 Å². The zero-order chi connectivity index (χ0) is 9.42. The molecular weight excluding hydrogens is 204 g/mol. The van der Waals surface area contributed by atoms with Crippen molar-refractivity contribution in [1.82, 2.24) is 0 Å². The van der Waals surface area contributed by atoms with Crippen LogP contribution >= 0.6 is 23.4 Å². The zero-order valence-electron chi connectivity index (χ0n) is 7.48. The third-order valence-electron chi connectivity index (χ3n) is 2.58. The first kappa shape index (κ1) is 9.63. The molecule has 0 aromatic heterocycles. The van der Waals surface area contributed by atoms with Gasteiger partial charge in [-0.15, -0.1) is 0 Å². The van der Waals surface area contributed by atoms with Crippen LogP contribution in [0.15, 0.2) is 23.3 Å². The Morgan fingerprint density at radius 2 is 2.38 bits per heavy atom. The number of hydrogen-bond acceptors (Lipinski definition) is 2.